The van der Waals surface area contributed by atoms with E-state index in [0.717, 1.165) is 24.6 Å². The van der Waals surface area contributed by atoms with Crippen LogP contribution in [0.4, 0.5) is 5.69 Å². The Morgan fingerprint density at radius 2 is 1.89 bits per heavy atom. The summed E-state index contributed by atoms with van der Waals surface area (Å²) in [6.45, 7) is 10.7. The highest BCUT2D eigenvalue weighted by Gasteiger charge is 2.63. The Morgan fingerprint density at radius 3 is 2.53 bits per heavy atom. The molecule has 0 heterocycles. The van der Waals surface area contributed by atoms with Crippen LogP contribution in [0.2, 0.25) is 0 Å². The fourth-order valence-corrected chi connectivity index (χ4v) is 3.95. The lowest BCUT2D eigenvalue weighted by molar-refractivity contribution is 0.457. The van der Waals surface area contributed by atoms with E-state index in [2.05, 4.69) is 45.1 Å². The lowest BCUT2D eigenvalue weighted by Crippen LogP contribution is -2.23. The van der Waals surface area contributed by atoms with Crippen molar-refractivity contribution in [3.8, 4) is 0 Å². The normalized spacial score (nSPS) is 27.3. The van der Waals surface area contributed by atoms with Crippen LogP contribution in [0.5, 0.6) is 0 Å². The highest BCUT2D eigenvalue weighted by Crippen LogP contribution is 2.68. The van der Waals surface area contributed by atoms with Gasteiger partial charge in [-0.1, -0.05) is 33.8 Å². The van der Waals surface area contributed by atoms with Crippen molar-refractivity contribution in [1.82, 2.24) is 5.32 Å². The van der Waals surface area contributed by atoms with Crippen molar-refractivity contribution in [2.45, 2.75) is 46.6 Å². The summed E-state index contributed by atoms with van der Waals surface area (Å²) < 4.78 is 0. The van der Waals surface area contributed by atoms with Crippen LogP contribution in [0.3, 0.4) is 0 Å². The van der Waals surface area contributed by atoms with Crippen LogP contribution in [0.15, 0.2) is 18.2 Å². The minimum absolute atomic E-state index is 0.475. The minimum atomic E-state index is 0.475. The van der Waals surface area contributed by atoms with Gasteiger partial charge in [-0.05, 0) is 59.4 Å². The van der Waals surface area contributed by atoms with Gasteiger partial charge in [0.15, 0.2) is 0 Å². The molecule has 2 aliphatic carbocycles. The first-order valence-electron chi connectivity index (χ1n) is 7.46. The second kappa shape index (κ2) is 3.99. The van der Waals surface area contributed by atoms with Gasteiger partial charge in [0.2, 0.25) is 0 Å². The predicted octanol–water partition coefficient (Wildman–Crippen LogP) is 3.53. The third-order valence-corrected chi connectivity index (χ3v) is 6.13. The molecule has 3 N–H and O–H groups in total. The molecule has 2 nitrogen and oxygen atoms in total. The van der Waals surface area contributed by atoms with E-state index in [9.17, 15) is 0 Å². The summed E-state index contributed by atoms with van der Waals surface area (Å²) in [7, 11) is 0. The fourth-order valence-electron chi connectivity index (χ4n) is 3.95. The number of hydrogen-bond donors (Lipinski definition) is 2. The van der Waals surface area contributed by atoms with Crippen molar-refractivity contribution >= 4 is 5.69 Å². The number of nitrogens with one attached hydrogen (secondary N) is 1. The molecular formula is C17H26N2. The SMILES string of the molecule is CC1(C)C(CNC2CCc3cc(N)ccc32)C1(C)C. The zero-order valence-electron chi connectivity index (χ0n) is 12.6. The van der Waals surface area contributed by atoms with Crippen LogP contribution >= 0.6 is 0 Å². The molecule has 1 saturated carbocycles. The van der Waals surface area contributed by atoms with Crippen LogP contribution in [-0.2, 0) is 6.42 Å². The Kier molecular flexibility index (Phi) is 2.72. The fraction of sp³-hybridized carbons (Fsp3) is 0.647. The van der Waals surface area contributed by atoms with Gasteiger partial charge in [0.05, 0.1) is 0 Å². The second-order valence-electron chi connectivity index (χ2n) is 7.45. The Hall–Kier alpha value is -1.02. The van der Waals surface area contributed by atoms with Crippen LogP contribution in [0, 0.1) is 16.7 Å². The van der Waals surface area contributed by atoms with Crippen molar-refractivity contribution < 1.29 is 0 Å². The topological polar surface area (TPSA) is 38.0 Å². The number of nitrogens with two attached hydrogens (primary N) is 1. The molecular weight excluding hydrogens is 232 g/mol. The van der Waals surface area contributed by atoms with Crippen LogP contribution in [0.1, 0.15) is 51.3 Å². The smallest absolute Gasteiger partial charge is 0.0326 e. The van der Waals surface area contributed by atoms with Gasteiger partial charge in [0.1, 0.15) is 0 Å². The Morgan fingerprint density at radius 1 is 1.21 bits per heavy atom. The zero-order chi connectivity index (χ0) is 13.8. The molecule has 0 amide bonds. The molecule has 104 valence electrons. The van der Waals surface area contributed by atoms with Crippen molar-refractivity contribution in [1.29, 1.82) is 0 Å². The summed E-state index contributed by atoms with van der Waals surface area (Å²) in [4.78, 5) is 0. The molecule has 0 saturated heterocycles. The van der Waals surface area contributed by atoms with Gasteiger partial charge >= 0.3 is 0 Å². The zero-order valence-corrected chi connectivity index (χ0v) is 12.6. The Balaban J connectivity index is 1.65. The number of fused-ring (bicyclic) bond motifs is 1. The first-order chi connectivity index (χ1) is 8.84. The first-order valence-corrected chi connectivity index (χ1v) is 7.46. The maximum atomic E-state index is 5.86. The molecule has 3 rings (SSSR count). The molecule has 19 heavy (non-hydrogen) atoms. The van der Waals surface area contributed by atoms with Crippen molar-refractivity contribution in [3.05, 3.63) is 29.3 Å². The number of anilines is 1. The van der Waals surface area contributed by atoms with E-state index in [-0.39, 0.29) is 0 Å². The van der Waals surface area contributed by atoms with Gasteiger partial charge in [-0.2, -0.15) is 0 Å². The molecule has 0 aromatic heterocycles. The number of aryl methyl sites for hydroxylation is 1. The summed E-state index contributed by atoms with van der Waals surface area (Å²) in [6, 6.07) is 6.91. The maximum absolute atomic E-state index is 5.86. The Bertz CT molecular complexity index is 488. The number of benzene rings is 1. The maximum Gasteiger partial charge on any atom is 0.0326 e. The molecule has 0 radical (unpaired) electrons. The van der Waals surface area contributed by atoms with Gasteiger partial charge in [0, 0.05) is 11.7 Å². The van der Waals surface area contributed by atoms with Crippen molar-refractivity contribution in [3.63, 3.8) is 0 Å². The number of hydrogen-bond acceptors (Lipinski definition) is 2. The van der Waals surface area contributed by atoms with Crippen LogP contribution < -0.4 is 11.1 Å². The quantitative estimate of drug-likeness (QED) is 0.814. The van der Waals surface area contributed by atoms with E-state index in [4.69, 9.17) is 5.73 Å². The third-order valence-electron chi connectivity index (χ3n) is 6.13. The van der Waals surface area contributed by atoms with E-state index in [1.807, 2.05) is 6.07 Å². The molecule has 1 atom stereocenters. The van der Waals surface area contributed by atoms with Crippen LogP contribution in [-0.4, -0.2) is 6.54 Å². The number of rotatable bonds is 3. The highest BCUT2D eigenvalue weighted by atomic mass is 15.0. The van der Waals surface area contributed by atoms with Gasteiger partial charge in [-0.3, -0.25) is 0 Å². The third kappa shape index (κ3) is 1.88. The molecule has 2 aliphatic rings. The predicted molar refractivity (Wildman–Crippen MR) is 81.0 cm³/mol. The van der Waals surface area contributed by atoms with E-state index in [1.165, 1.54) is 17.5 Å². The molecule has 0 aliphatic heterocycles. The summed E-state index contributed by atoms with van der Waals surface area (Å²) in [5.74, 6) is 0.790. The molecule has 1 unspecified atom stereocenters. The molecule has 1 aromatic rings. The molecule has 0 bridgehead atoms. The lowest BCUT2D eigenvalue weighted by Gasteiger charge is -2.15. The van der Waals surface area contributed by atoms with E-state index in [0.29, 0.717) is 16.9 Å². The van der Waals surface area contributed by atoms with Gasteiger partial charge < -0.3 is 11.1 Å². The number of nitrogen functional groups attached to an aromatic ring is 1. The van der Waals surface area contributed by atoms with Gasteiger partial charge in [-0.25, -0.2) is 0 Å². The lowest BCUT2D eigenvalue weighted by atomic mass is 10.0. The van der Waals surface area contributed by atoms with Gasteiger partial charge in [0.25, 0.3) is 0 Å². The van der Waals surface area contributed by atoms with E-state index < -0.39 is 0 Å². The summed E-state index contributed by atoms with van der Waals surface area (Å²) in [5, 5.41) is 3.79. The van der Waals surface area contributed by atoms with Crippen molar-refractivity contribution in [2.24, 2.45) is 16.7 Å². The van der Waals surface area contributed by atoms with E-state index >= 15 is 0 Å². The average Bonchev–Trinajstić information content (AvgIpc) is 2.64. The standard InChI is InChI=1S/C17H26N2/c1-16(2)15(17(16,3)4)10-19-14-8-5-11-9-12(18)6-7-13(11)14/h6-7,9,14-15,19H,5,8,10,18H2,1-4H3. The summed E-state index contributed by atoms with van der Waals surface area (Å²) in [6.07, 6.45) is 2.38. The molecule has 1 aromatic carbocycles. The first kappa shape index (κ1) is 13.0. The monoisotopic (exact) mass is 258 g/mol. The molecule has 1 fully saturated rings. The molecule has 2 heteroatoms. The van der Waals surface area contributed by atoms with Crippen molar-refractivity contribution in [2.75, 3.05) is 12.3 Å². The Labute approximate surface area is 116 Å². The average molecular weight is 258 g/mol. The second-order valence-corrected chi connectivity index (χ2v) is 7.45. The summed E-state index contributed by atoms with van der Waals surface area (Å²) in [5.41, 5.74) is 10.6. The summed E-state index contributed by atoms with van der Waals surface area (Å²) >= 11 is 0. The largest absolute Gasteiger partial charge is 0.399 e. The highest BCUT2D eigenvalue weighted by molar-refractivity contribution is 5.47. The van der Waals surface area contributed by atoms with Gasteiger partial charge in [-0.15, -0.1) is 0 Å². The minimum Gasteiger partial charge on any atom is -0.399 e. The molecule has 0 spiro atoms. The van der Waals surface area contributed by atoms with Crippen LogP contribution in [0.25, 0.3) is 0 Å². The van der Waals surface area contributed by atoms with E-state index in [1.54, 1.807) is 0 Å².